The molecule has 1 saturated carbocycles. The van der Waals surface area contributed by atoms with Crippen molar-refractivity contribution in [1.82, 2.24) is 0 Å². The van der Waals surface area contributed by atoms with Crippen LogP contribution in [0.4, 0.5) is 0 Å². The van der Waals surface area contributed by atoms with Crippen LogP contribution in [-0.4, -0.2) is 17.0 Å². The summed E-state index contributed by atoms with van der Waals surface area (Å²) in [5.41, 5.74) is -0.556. The predicted octanol–water partition coefficient (Wildman–Crippen LogP) is 7.51. The normalized spacial score (nSPS) is 27.9. The zero-order valence-corrected chi connectivity index (χ0v) is 19.2. The van der Waals surface area contributed by atoms with Gasteiger partial charge in [-0.3, -0.25) is 0 Å². The first-order valence-electron chi connectivity index (χ1n) is 11.5. The predicted molar refractivity (Wildman–Crippen MR) is 111 cm³/mol. The molecule has 1 aliphatic rings. The summed E-state index contributed by atoms with van der Waals surface area (Å²) in [6, 6.07) is 0. The van der Waals surface area contributed by atoms with E-state index in [9.17, 15) is 0 Å². The summed E-state index contributed by atoms with van der Waals surface area (Å²) in [6.07, 6.45) is 12.6. The minimum absolute atomic E-state index is 0.241. The van der Waals surface area contributed by atoms with Gasteiger partial charge in [0.2, 0.25) is 5.79 Å². The molecule has 1 rings (SSSR count). The van der Waals surface area contributed by atoms with Crippen molar-refractivity contribution >= 4 is 0 Å². The molecule has 4 heteroatoms. The molecule has 0 saturated heterocycles. The molecule has 3 atom stereocenters. The molecule has 0 aromatic carbocycles. The van der Waals surface area contributed by atoms with Gasteiger partial charge in [0.25, 0.3) is 0 Å². The average molecular weight is 387 g/mol. The quantitative estimate of drug-likeness (QED) is 0.176. The number of hydrogen-bond donors (Lipinski definition) is 0. The summed E-state index contributed by atoms with van der Waals surface area (Å²) in [5.74, 6) is -0.561. The summed E-state index contributed by atoms with van der Waals surface area (Å²) in [4.78, 5) is 24.4. The Hall–Kier alpha value is -0.160. The standard InChI is InChI=1S/C23H46O4/c1-8-12-17-21(6,10-3)24-26-23(19-15-14-16-20(23)5)27-25-22(7,11-4)18-13-9-2/h20H,8-19H2,1-7H3. The van der Waals surface area contributed by atoms with Crippen LogP contribution in [0.2, 0.25) is 0 Å². The lowest BCUT2D eigenvalue weighted by Gasteiger charge is -2.43. The number of rotatable bonds is 14. The highest BCUT2D eigenvalue weighted by atomic mass is 17.3. The van der Waals surface area contributed by atoms with Crippen LogP contribution in [0.5, 0.6) is 0 Å². The highest BCUT2D eigenvalue weighted by Crippen LogP contribution is 2.41. The molecule has 0 bridgehead atoms. The van der Waals surface area contributed by atoms with E-state index in [0.717, 1.165) is 70.6 Å². The van der Waals surface area contributed by atoms with Crippen LogP contribution >= 0.6 is 0 Å². The third kappa shape index (κ3) is 7.64. The highest BCUT2D eigenvalue weighted by molar-refractivity contribution is 4.81. The molecule has 162 valence electrons. The van der Waals surface area contributed by atoms with Crippen LogP contribution in [0.25, 0.3) is 0 Å². The van der Waals surface area contributed by atoms with E-state index < -0.39 is 5.79 Å². The van der Waals surface area contributed by atoms with Crippen molar-refractivity contribution in [3.05, 3.63) is 0 Å². The lowest BCUT2D eigenvalue weighted by molar-refractivity contribution is -0.559. The fourth-order valence-electron chi connectivity index (χ4n) is 3.55. The monoisotopic (exact) mass is 386 g/mol. The van der Waals surface area contributed by atoms with Gasteiger partial charge in [0.15, 0.2) is 0 Å². The van der Waals surface area contributed by atoms with E-state index in [4.69, 9.17) is 19.6 Å². The van der Waals surface area contributed by atoms with Crippen LogP contribution < -0.4 is 0 Å². The average Bonchev–Trinajstić information content (AvgIpc) is 2.69. The van der Waals surface area contributed by atoms with E-state index in [1.807, 2.05) is 0 Å². The van der Waals surface area contributed by atoms with Crippen molar-refractivity contribution in [3.63, 3.8) is 0 Å². The third-order valence-corrected chi connectivity index (χ3v) is 6.55. The van der Waals surface area contributed by atoms with Crippen LogP contribution in [-0.2, 0) is 19.6 Å². The second kappa shape index (κ2) is 11.7. The molecule has 0 spiro atoms. The van der Waals surface area contributed by atoms with E-state index in [1.165, 1.54) is 6.42 Å². The van der Waals surface area contributed by atoms with Gasteiger partial charge < -0.3 is 0 Å². The molecule has 27 heavy (non-hydrogen) atoms. The first-order chi connectivity index (χ1) is 12.8. The number of hydrogen-bond acceptors (Lipinski definition) is 4. The zero-order valence-electron chi connectivity index (χ0n) is 19.2. The zero-order chi connectivity index (χ0) is 20.4. The molecule has 0 N–H and O–H groups in total. The third-order valence-electron chi connectivity index (χ3n) is 6.55. The van der Waals surface area contributed by atoms with Gasteiger partial charge in [0, 0.05) is 12.3 Å². The van der Waals surface area contributed by atoms with Crippen molar-refractivity contribution in [2.75, 3.05) is 0 Å². The smallest absolute Gasteiger partial charge is 0.227 e. The Kier molecular flexibility index (Phi) is 10.8. The van der Waals surface area contributed by atoms with E-state index in [0.29, 0.717) is 0 Å². The Labute approximate surface area is 168 Å². The first-order valence-corrected chi connectivity index (χ1v) is 11.5. The molecule has 0 aromatic heterocycles. The molecule has 0 aromatic rings. The Morgan fingerprint density at radius 2 is 1.30 bits per heavy atom. The Bertz CT molecular complexity index is 374. The molecule has 0 aliphatic heterocycles. The molecular weight excluding hydrogens is 340 g/mol. The van der Waals surface area contributed by atoms with Crippen LogP contribution in [0.1, 0.15) is 126 Å². The first kappa shape index (κ1) is 24.9. The number of unbranched alkanes of at least 4 members (excludes halogenated alkanes) is 2. The SMILES string of the molecule is CCCCC(C)(CC)OOC1(OOC(C)(CC)CCCC)CCCCC1C. The second-order valence-corrected chi connectivity index (χ2v) is 9.11. The van der Waals surface area contributed by atoms with Crippen molar-refractivity contribution in [3.8, 4) is 0 Å². The second-order valence-electron chi connectivity index (χ2n) is 9.11. The lowest BCUT2D eigenvalue weighted by Crippen LogP contribution is -2.48. The topological polar surface area (TPSA) is 36.9 Å². The minimum atomic E-state index is -0.802. The van der Waals surface area contributed by atoms with E-state index in [-0.39, 0.29) is 17.1 Å². The van der Waals surface area contributed by atoms with E-state index in [1.54, 1.807) is 0 Å². The van der Waals surface area contributed by atoms with Gasteiger partial charge in [-0.25, -0.2) is 9.78 Å². The summed E-state index contributed by atoms with van der Waals surface area (Å²) in [5, 5.41) is 0. The van der Waals surface area contributed by atoms with Crippen LogP contribution in [0, 0.1) is 5.92 Å². The van der Waals surface area contributed by atoms with Crippen LogP contribution in [0.3, 0.4) is 0 Å². The van der Waals surface area contributed by atoms with Gasteiger partial charge in [-0.15, -0.1) is 0 Å². The maximum atomic E-state index is 6.13. The van der Waals surface area contributed by atoms with Crippen molar-refractivity contribution in [2.24, 2.45) is 5.92 Å². The molecule has 1 aliphatic carbocycles. The Balaban J connectivity index is 2.83. The van der Waals surface area contributed by atoms with E-state index in [2.05, 4.69) is 48.5 Å². The summed E-state index contributed by atoms with van der Waals surface area (Å²) in [7, 11) is 0. The van der Waals surface area contributed by atoms with Crippen molar-refractivity contribution < 1.29 is 19.6 Å². The van der Waals surface area contributed by atoms with Gasteiger partial charge in [0.05, 0.1) is 0 Å². The summed E-state index contributed by atoms with van der Waals surface area (Å²) >= 11 is 0. The van der Waals surface area contributed by atoms with Gasteiger partial charge in [0.1, 0.15) is 11.2 Å². The molecule has 0 heterocycles. The van der Waals surface area contributed by atoms with Crippen molar-refractivity contribution in [2.45, 2.75) is 143 Å². The van der Waals surface area contributed by atoms with Gasteiger partial charge in [-0.2, -0.15) is 9.78 Å². The van der Waals surface area contributed by atoms with Gasteiger partial charge in [-0.05, 0) is 52.4 Å². The molecular formula is C23H46O4. The van der Waals surface area contributed by atoms with Crippen LogP contribution in [0.15, 0.2) is 0 Å². The summed E-state index contributed by atoms with van der Waals surface area (Å²) < 4.78 is 0. The Morgan fingerprint density at radius 3 is 1.67 bits per heavy atom. The van der Waals surface area contributed by atoms with Crippen molar-refractivity contribution in [1.29, 1.82) is 0 Å². The lowest BCUT2D eigenvalue weighted by atomic mass is 9.85. The molecule has 0 amide bonds. The van der Waals surface area contributed by atoms with Gasteiger partial charge in [-0.1, -0.05) is 66.7 Å². The van der Waals surface area contributed by atoms with E-state index >= 15 is 0 Å². The maximum absolute atomic E-state index is 6.13. The highest BCUT2D eigenvalue weighted by Gasteiger charge is 2.46. The fourth-order valence-corrected chi connectivity index (χ4v) is 3.55. The largest absolute Gasteiger partial charge is 0.236 e. The Morgan fingerprint density at radius 1 is 0.815 bits per heavy atom. The minimum Gasteiger partial charge on any atom is -0.227 e. The molecule has 0 radical (unpaired) electrons. The molecule has 4 nitrogen and oxygen atoms in total. The molecule has 1 fully saturated rings. The maximum Gasteiger partial charge on any atom is 0.236 e. The van der Waals surface area contributed by atoms with Gasteiger partial charge >= 0.3 is 0 Å². The summed E-state index contributed by atoms with van der Waals surface area (Å²) in [6.45, 7) is 15.2. The fraction of sp³-hybridized carbons (Fsp3) is 1.00. The molecule has 3 unspecified atom stereocenters.